The topological polar surface area (TPSA) is 129 Å². The molecule has 0 bridgehead atoms. The fraction of sp³-hybridized carbons (Fsp3) is 0.429. The van der Waals surface area contributed by atoms with E-state index in [0.717, 1.165) is 35.2 Å². The zero-order valence-electron chi connectivity index (χ0n) is 21.4. The molecule has 1 saturated carbocycles. The summed E-state index contributed by atoms with van der Waals surface area (Å²) in [5.74, 6) is 0.259. The summed E-state index contributed by atoms with van der Waals surface area (Å²) >= 11 is 0. The van der Waals surface area contributed by atoms with Crippen LogP contribution in [0.15, 0.2) is 41.4 Å². The molecule has 3 unspecified atom stereocenters. The maximum absolute atomic E-state index is 12.3. The molecule has 1 heterocycles. The van der Waals surface area contributed by atoms with Crippen LogP contribution in [0.25, 0.3) is 0 Å². The first-order valence-corrected chi connectivity index (χ1v) is 12.6. The fourth-order valence-corrected chi connectivity index (χ4v) is 5.13. The third-order valence-electron chi connectivity index (χ3n) is 6.70. The summed E-state index contributed by atoms with van der Waals surface area (Å²) < 4.78 is 17.1. The first-order valence-electron chi connectivity index (χ1n) is 12.6. The second-order valence-corrected chi connectivity index (χ2v) is 9.31. The molecule has 0 spiro atoms. The van der Waals surface area contributed by atoms with E-state index < -0.39 is 5.91 Å². The number of benzene rings is 2. The predicted molar refractivity (Wildman–Crippen MR) is 139 cm³/mol. The largest absolute Gasteiger partial charge is 0.493 e. The molecule has 2 aliphatic rings. The lowest BCUT2D eigenvalue weighted by Crippen LogP contribution is -2.36. The summed E-state index contributed by atoms with van der Waals surface area (Å²) in [6, 6.07) is 11.5. The molecule has 37 heavy (non-hydrogen) atoms. The lowest BCUT2D eigenvalue weighted by Gasteiger charge is -2.38. The van der Waals surface area contributed by atoms with E-state index in [-0.39, 0.29) is 42.8 Å². The molecular formula is C28H33N3O6. The van der Waals surface area contributed by atoms with Crippen LogP contribution in [0.2, 0.25) is 0 Å². The number of esters is 1. The summed E-state index contributed by atoms with van der Waals surface area (Å²) in [4.78, 5) is 40.1. The molecule has 2 amide bonds. The van der Waals surface area contributed by atoms with Crippen LogP contribution in [0.1, 0.15) is 68.6 Å². The average molecular weight is 508 g/mol. The Kier molecular flexibility index (Phi) is 8.11. The van der Waals surface area contributed by atoms with Crippen molar-refractivity contribution >= 4 is 29.2 Å². The first-order chi connectivity index (χ1) is 17.8. The molecule has 4 rings (SSSR count). The zero-order valence-corrected chi connectivity index (χ0v) is 21.4. The normalized spacial score (nSPS) is 20.1. The van der Waals surface area contributed by atoms with Gasteiger partial charge in [0.25, 0.3) is 0 Å². The number of ether oxygens (including phenoxy) is 3. The van der Waals surface area contributed by atoms with Gasteiger partial charge in [0, 0.05) is 42.5 Å². The van der Waals surface area contributed by atoms with Crippen molar-refractivity contribution in [2.45, 2.75) is 64.0 Å². The molecule has 0 saturated heterocycles. The molecule has 9 heteroatoms. The Balaban J connectivity index is 1.72. The van der Waals surface area contributed by atoms with Gasteiger partial charge in [-0.25, -0.2) is 0 Å². The quantitative estimate of drug-likeness (QED) is 0.498. The molecule has 1 aliphatic heterocycles. The number of nitrogens with one attached hydrogen (secondary N) is 1. The number of hydrogen-bond donors (Lipinski definition) is 2. The molecule has 2 aromatic carbocycles. The maximum Gasteiger partial charge on any atom is 0.302 e. The van der Waals surface area contributed by atoms with Gasteiger partial charge in [0.15, 0.2) is 11.5 Å². The minimum absolute atomic E-state index is 0.00896. The van der Waals surface area contributed by atoms with E-state index in [1.807, 2.05) is 37.3 Å². The number of anilines is 1. The molecule has 2 aromatic rings. The van der Waals surface area contributed by atoms with Gasteiger partial charge in [0.05, 0.1) is 25.5 Å². The fourth-order valence-electron chi connectivity index (χ4n) is 5.13. The highest BCUT2D eigenvalue weighted by atomic mass is 16.5. The predicted octanol–water partition coefficient (Wildman–Crippen LogP) is 3.72. The number of fused-ring (bicyclic) bond motifs is 3. The summed E-state index contributed by atoms with van der Waals surface area (Å²) in [6.07, 6.45) is 2.07. The molecule has 0 aromatic heterocycles. The highest BCUT2D eigenvalue weighted by molar-refractivity contribution is 6.15. The molecule has 9 nitrogen and oxygen atoms in total. The Morgan fingerprint density at radius 2 is 1.92 bits per heavy atom. The van der Waals surface area contributed by atoms with E-state index in [0.29, 0.717) is 30.2 Å². The highest BCUT2D eigenvalue weighted by Crippen LogP contribution is 2.45. The molecule has 1 fully saturated rings. The van der Waals surface area contributed by atoms with Gasteiger partial charge >= 0.3 is 5.97 Å². The van der Waals surface area contributed by atoms with Crippen LogP contribution in [-0.4, -0.2) is 49.4 Å². The van der Waals surface area contributed by atoms with Crippen LogP contribution >= 0.6 is 0 Å². The van der Waals surface area contributed by atoms with Crippen LogP contribution in [0.5, 0.6) is 11.5 Å². The number of rotatable bonds is 9. The number of carbonyl (C=O) groups is 3. The van der Waals surface area contributed by atoms with E-state index in [1.165, 1.54) is 6.92 Å². The van der Waals surface area contributed by atoms with Crippen LogP contribution in [0.4, 0.5) is 5.69 Å². The Hall–Kier alpha value is -3.88. The van der Waals surface area contributed by atoms with E-state index in [2.05, 4.69) is 5.32 Å². The second-order valence-electron chi connectivity index (χ2n) is 9.31. The summed E-state index contributed by atoms with van der Waals surface area (Å²) in [5, 5.41) is 2.83. The number of amides is 2. The molecule has 1 aliphatic carbocycles. The third kappa shape index (κ3) is 6.10. The highest BCUT2D eigenvalue weighted by Gasteiger charge is 2.38. The smallest absolute Gasteiger partial charge is 0.302 e. The molecule has 196 valence electrons. The zero-order chi connectivity index (χ0) is 26.5. The monoisotopic (exact) mass is 507 g/mol. The third-order valence-corrected chi connectivity index (χ3v) is 6.70. The molecule has 3 atom stereocenters. The van der Waals surface area contributed by atoms with Gasteiger partial charge in [-0.15, -0.1) is 0 Å². The number of primary amides is 1. The van der Waals surface area contributed by atoms with Crippen molar-refractivity contribution in [3.63, 3.8) is 0 Å². The van der Waals surface area contributed by atoms with Crippen molar-refractivity contribution in [2.75, 3.05) is 19.0 Å². The first kappa shape index (κ1) is 26.2. The number of methoxy groups -OCH3 is 1. The van der Waals surface area contributed by atoms with E-state index in [1.54, 1.807) is 13.2 Å². The van der Waals surface area contributed by atoms with Gasteiger partial charge in [0.2, 0.25) is 11.8 Å². The van der Waals surface area contributed by atoms with Crippen LogP contribution in [0, 0.1) is 0 Å². The van der Waals surface area contributed by atoms with Crippen molar-refractivity contribution in [1.29, 1.82) is 0 Å². The number of aliphatic imine (C=N–C) groups is 1. The van der Waals surface area contributed by atoms with Gasteiger partial charge in [-0.05, 0) is 56.0 Å². The van der Waals surface area contributed by atoms with Crippen LogP contribution in [-0.2, 0) is 19.1 Å². The van der Waals surface area contributed by atoms with Crippen LogP contribution < -0.4 is 20.5 Å². The average Bonchev–Trinajstić information content (AvgIpc) is 2.86. The Morgan fingerprint density at radius 1 is 1.11 bits per heavy atom. The van der Waals surface area contributed by atoms with Gasteiger partial charge in [0.1, 0.15) is 6.10 Å². The van der Waals surface area contributed by atoms with Crippen molar-refractivity contribution in [3.05, 3.63) is 53.1 Å². The van der Waals surface area contributed by atoms with Crippen LogP contribution in [0.3, 0.4) is 0 Å². The minimum atomic E-state index is -0.518. The number of hydrogen-bond acceptors (Lipinski definition) is 7. The number of nitrogens with two attached hydrogens (primary N) is 1. The van der Waals surface area contributed by atoms with Crippen molar-refractivity contribution in [2.24, 2.45) is 10.7 Å². The standard InChI is InChI=1S/C28H33N3O6/c1-4-36-25-14-20-21-13-19(37-16(2)32)8-9-23(21)31-28(22(20)15-24(25)35-3)17-6-5-7-18(12-17)30-27(34)11-10-26(29)33/h5-7,12,14-15,19,21,23H,4,8-11,13H2,1-3H3,(H2,29,33)(H,30,34). The van der Waals surface area contributed by atoms with Gasteiger partial charge in [-0.1, -0.05) is 12.1 Å². The van der Waals surface area contributed by atoms with Crippen molar-refractivity contribution in [1.82, 2.24) is 0 Å². The Bertz CT molecular complexity index is 1220. The minimum Gasteiger partial charge on any atom is -0.493 e. The molecule has 0 radical (unpaired) electrons. The van der Waals surface area contributed by atoms with Crippen molar-refractivity contribution < 1.29 is 28.6 Å². The van der Waals surface area contributed by atoms with E-state index in [9.17, 15) is 14.4 Å². The Labute approximate surface area is 216 Å². The molecule has 3 N–H and O–H groups in total. The summed E-state index contributed by atoms with van der Waals surface area (Å²) in [7, 11) is 1.60. The second kappa shape index (κ2) is 11.5. The number of carbonyl (C=O) groups excluding carboxylic acids is 3. The summed E-state index contributed by atoms with van der Waals surface area (Å²) in [5.41, 5.74) is 9.41. The molecular weight excluding hydrogens is 474 g/mol. The van der Waals surface area contributed by atoms with E-state index in [4.69, 9.17) is 24.9 Å². The summed E-state index contributed by atoms with van der Waals surface area (Å²) in [6.45, 7) is 3.86. The SMILES string of the molecule is CCOc1cc2c(cc1OC)C(c1cccc(NC(=O)CCC(N)=O)c1)=NC1CCC(OC(C)=O)CC21. The number of nitrogens with zero attached hydrogens (tertiary/aromatic N) is 1. The maximum atomic E-state index is 12.3. The van der Waals surface area contributed by atoms with Crippen molar-refractivity contribution in [3.8, 4) is 11.5 Å². The van der Waals surface area contributed by atoms with Gasteiger partial charge in [-0.3, -0.25) is 19.4 Å². The van der Waals surface area contributed by atoms with E-state index >= 15 is 0 Å². The Morgan fingerprint density at radius 3 is 2.62 bits per heavy atom. The van der Waals surface area contributed by atoms with Gasteiger partial charge in [-0.2, -0.15) is 0 Å². The lowest BCUT2D eigenvalue weighted by molar-refractivity contribution is -0.148. The lowest BCUT2D eigenvalue weighted by atomic mass is 9.74. The van der Waals surface area contributed by atoms with Gasteiger partial charge < -0.3 is 25.3 Å².